The minimum atomic E-state index is 0.0219. The number of carbonyl (C=O) groups is 1. The van der Waals surface area contributed by atoms with E-state index in [1.807, 2.05) is 47.2 Å². The molecule has 1 aromatic carbocycles. The first-order valence-corrected chi connectivity index (χ1v) is 8.88. The highest BCUT2D eigenvalue weighted by Crippen LogP contribution is 2.24. The molecule has 0 saturated heterocycles. The molecule has 3 aromatic rings. The van der Waals surface area contributed by atoms with E-state index in [0.29, 0.717) is 13.0 Å². The van der Waals surface area contributed by atoms with Crippen LogP contribution in [0.1, 0.15) is 9.88 Å². The lowest BCUT2D eigenvalue weighted by molar-refractivity contribution is -0.120. The van der Waals surface area contributed by atoms with E-state index < -0.39 is 0 Å². The van der Waals surface area contributed by atoms with Gasteiger partial charge in [0.05, 0.1) is 25.8 Å². The Kier molecular flexibility index (Phi) is 5.05. The summed E-state index contributed by atoms with van der Waals surface area (Å²) >= 11 is 3.14. The molecular formula is C17H16N2O2S2. The van der Waals surface area contributed by atoms with Crippen molar-refractivity contribution in [2.75, 3.05) is 7.11 Å². The molecule has 118 valence electrons. The standard InChI is InChI=1S/C17H16N2O2S2/c1-21-13-6-4-12(5-7-13)15-11-23-17(19-15)10-18-16(20)9-14-3-2-8-22-14/h2-8,11H,9-10H2,1H3,(H,18,20). The number of benzene rings is 1. The van der Waals surface area contributed by atoms with Crippen LogP contribution in [0.15, 0.2) is 47.2 Å². The molecule has 0 aliphatic heterocycles. The van der Waals surface area contributed by atoms with Gasteiger partial charge in [-0.25, -0.2) is 4.98 Å². The topological polar surface area (TPSA) is 51.2 Å². The summed E-state index contributed by atoms with van der Waals surface area (Å²) in [6.07, 6.45) is 0.425. The van der Waals surface area contributed by atoms with Crippen molar-refractivity contribution in [1.29, 1.82) is 0 Å². The lowest BCUT2D eigenvalue weighted by Gasteiger charge is -2.02. The highest BCUT2D eigenvalue weighted by molar-refractivity contribution is 7.10. The lowest BCUT2D eigenvalue weighted by atomic mass is 10.2. The summed E-state index contributed by atoms with van der Waals surface area (Å²) in [6, 6.07) is 11.7. The van der Waals surface area contributed by atoms with Gasteiger partial charge < -0.3 is 10.1 Å². The second-order valence-corrected chi connectivity index (χ2v) is 6.86. The van der Waals surface area contributed by atoms with E-state index in [2.05, 4.69) is 10.3 Å². The molecule has 0 bridgehead atoms. The van der Waals surface area contributed by atoms with Crippen molar-refractivity contribution >= 4 is 28.6 Å². The van der Waals surface area contributed by atoms with Crippen LogP contribution in [-0.2, 0) is 17.8 Å². The summed E-state index contributed by atoms with van der Waals surface area (Å²) in [6.45, 7) is 0.463. The van der Waals surface area contributed by atoms with Crippen LogP contribution in [0.4, 0.5) is 0 Å². The number of amides is 1. The average molecular weight is 344 g/mol. The molecule has 0 radical (unpaired) electrons. The van der Waals surface area contributed by atoms with Gasteiger partial charge in [-0.15, -0.1) is 22.7 Å². The van der Waals surface area contributed by atoms with Crippen molar-refractivity contribution in [3.63, 3.8) is 0 Å². The van der Waals surface area contributed by atoms with Gasteiger partial charge in [0.2, 0.25) is 5.91 Å². The fourth-order valence-electron chi connectivity index (χ4n) is 2.09. The predicted molar refractivity (Wildman–Crippen MR) is 94.0 cm³/mol. The molecule has 6 heteroatoms. The first-order valence-electron chi connectivity index (χ1n) is 7.12. The van der Waals surface area contributed by atoms with Crippen LogP contribution in [0.25, 0.3) is 11.3 Å². The third-order valence-electron chi connectivity index (χ3n) is 3.29. The molecule has 2 aromatic heterocycles. The quantitative estimate of drug-likeness (QED) is 0.741. The smallest absolute Gasteiger partial charge is 0.225 e. The highest BCUT2D eigenvalue weighted by atomic mass is 32.1. The van der Waals surface area contributed by atoms with Crippen LogP contribution in [0, 0.1) is 0 Å². The van der Waals surface area contributed by atoms with E-state index in [-0.39, 0.29) is 5.91 Å². The normalized spacial score (nSPS) is 10.5. The Morgan fingerprint density at radius 2 is 2.04 bits per heavy atom. The number of ether oxygens (including phenoxy) is 1. The zero-order valence-electron chi connectivity index (χ0n) is 12.6. The number of aromatic nitrogens is 1. The van der Waals surface area contributed by atoms with Crippen molar-refractivity contribution in [3.8, 4) is 17.0 Å². The minimum Gasteiger partial charge on any atom is -0.497 e. The SMILES string of the molecule is COc1ccc(-c2csc(CNC(=O)Cc3cccs3)n2)cc1. The number of thiazole rings is 1. The molecule has 0 aliphatic carbocycles. The summed E-state index contributed by atoms with van der Waals surface area (Å²) in [5.74, 6) is 0.846. The molecule has 23 heavy (non-hydrogen) atoms. The largest absolute Gasteiger partial charge is 0.497 e. The van der Waals surface area contributed by atoms with E-state index in [1.165, 1.54) is 0 Å². The molecule has 1 N–H and O–H groups in total. The Balaban J connectivity index is 1.57. The van der Waals surface area contributed by atoms with Crippen molar-refractivity contribution in [1.82, 2.24) is 10.3 Å². The van der Waals surface area contributed by atoms with E-state index in [9.17, 15) is 4.79 Å². The maximum Gasteiger partial charge on any atom is 0.225 e. The molecule has 0 fully saturated rings. The van der Waals surface area contributed by atoms with E-state index in [0.717, 1.165) is 26.9 Å². The molecule has 0 saturated carbocycles. The molecule has 0 aliphatic rings. The van der Waals surface area contributed by atoms with Crippen molar-refractivity contribution in [2.45, 2.75) is 13.0 Å². The molecular weight excluding hydrogens is 328 g/mol. The monoisotopic (exact) mass is 344 g/mol. The maximum absolute atomic E-state index is 11.9. The van der Waals surface area contributed by atoms with Gasteiger partial charge in [0, 0.05) is 15.8 Å². The Bertz CT molecular complexity index is 764. The number of methoxy groups -OCH3 is 1. The summed E-state index contributed by atoms with van der Waals surface area (Å²) in [5, 5.41) is 7.79. The van der Waals surface area contributed by atoms with Crippen LogP contribution in [0.3, 0.4) is 0 Å². The zero-order chi connectivity index (χ0) is 16.1. The van der Waals surface area contributed by atoms with E-state index in [1.54, 1.807) is 29.8 Å². The second-order valence-electron chi connectivity index (χ2n) is 4.89. The van der Waals surface area contributed by atoms with Crippen molar-refractivity contribution in [3.05, 3.63) is 57.0 Å². The third kappa shape index (κ3) is 4.18. The van der Waals surface area contributed by atoms with Crippen LogP contribution >= 0.6 is 22.7 Å². The molecule has 4 nitrogen and oxygen atoms in total. The van der Waals surface area contributed by atoms with Gasteiger partial charge in [0.25, 0.3) is 0 Å². The van der Waals surface area contributed by atoms with E-state index >= 15 is 0 Å². The predicted octanol–water partition coefficient (Wildman–Crippen LogP) is 3.74. The van der Waals surface area contributed by atoms with E-state index in [4.69, 9.17) is 4.74 Å². The van der Waals surface area contributed by atoms with Crippen LogP contribution in [-0.4, -0.2) is 18.0 Å². The first-order chi connectivity index (χ1) is 11.2. The van der Waals surface area contributed by atoms with Gasteiger partial charge in [0.15, 0.2) is 0 Å². The third-order valence-corrected chi connectivity index (χ3v) is 5.01. The first kappa shape index (κ1) is 15.7. The fourth-order valence-corrected chi connectivity index (χ4v) is 3.54. The maximum atomic E-state index is 11.9. The number of carbonyl (C=O) groups excluding carboxylic acids is 1. The number of hydrogen-bond donors (Lipinski definition) is 1. The number of nitrogens with one attached hydrogen (secondary N) is 1. The fraction of sp³-hybridized carbons (Fsp3) is 0.176. The Hall–Kier alpha value is -2.18. The van der Waals surface area contributed by atoms with Crippen LogP contribution in [0.2, 0.25) is 0 Å². The summed E-state index contributed by atoms with van der Waals surface area (Å²) in [4.78, 5) is 17.5. The molecule has 3 rings (SSSR count). The Morgan fingerprint density at radius 1 is 1.22 bits per heavy atom. The minimum absolute atomic E-state index is 0.0219. The highest BCUT2D eigenvalue weighted by Gasteiger charge is 2.08. The van der Waals surface area contributed by atoms with Gasteiger partial charge in [-0.2, -0.15) is 0 Å². The zero-order valence-corrected chi connectivity index (χ0v) is 14.2. The molecule has 0 atom stereocenters. The average Bonchev–Trinajstić information content (AvgIpc) is 3.25. The molecule has 2 heterocycles. The molecule has 1 amide bonds. The second kappa shape index (κ2) is 7.39. The van der Waals surface area contributed by atoms with Gasteiger partial charge >= 0.3 is 0 Å². The van der Waals surface area contributed by atoms with Crippen LogP contribution < -0.4 is 10.1 Å². The van der Waals surface area contributed by atoms with Gasteiger partial charge in [-0.05, 0) is 35.7 Å². The van der Waals surface area contributed by atoms with Crippen molar-refractivity contribution < 1.29 is 9.53 Å². The lowest BCUT2D eigenvalue weighted by Crippen LogP contribution is -2.24. The molecule has 0 spiro atoms. The van der Waals surface area contributed by atoms with Gasteiger partial charge in [0.1, 0.15) is 10.8 Å². The number of rotatable bonds is 6. The van der Waals surface area contributed by atoms with Gasteiger partial charge in [-0.3, -0.25) is 4.79 Å². The number of hydrogen-bond acceptors (Lipinski definition) is 5. The molecule has 0 unspecified atom stereocenters. The Labute approximate surface area is 142 Å². The summed E-state index contributed by atoms with van der Waals surface area (Å²) in [5.41, 5.74) is 1.96. The summed E-state index contributed by atoms with van der Waals surface area (Å²) in [7, 11) is 1.65. The number of nitrogens with zero attached hydrogens (tertiary/aromatic N) is 1. The van der Waals surface area contributed by atoms with Gasteiger partial charge in [-0.1, -0.05) is 6.07 Å². The Morgan fingerprint density at radius 3 is 2.74 bits per heavy atom. The van der Waals surface area contributed by atoms with Crippen LogP contribution in [0.5, 0.6) is 5.75 Å². The summed E-state index contributed by atoms with van der Waals surface area (Å²) < 4.78 is 5.15. The number of thiophene rings is 1. The van der Waals surface area contributed by atoms with Crippen molar-refractivity contribution in [2.24, 2.45) is 0 Å².